The van der Waals surface area contributed by atoms with E-state index in [9.17, 15) is 9.59 Å². The third-order valence-corrected chi connectivity index (χ3v) is 4.11. The summed E-state index contributed by atoms with van der Waals surface area (Å²) in [4.78, 5) is 22.8. The van der Waals surface area contributed by atoms with E-state index in [1.54, 1.807) is 5.38 Å². The van der Waals surface area contributed by atoms with Crippen LogP contribution < -0.4 is 5.32 Å². The van der Waals surface area contributed by atoms with Crippen LogP contribution in [0, 0.1) is 6.92 Å². The fraction of sp³-hybridized carbons (Fsp3) is 0.273. The predicted molar refractivity (Wildman–Crippen MR) is 72.9 cm³/mol. The van der Waals surface area contributed by atoms with Crippen molar-refractivity contribution in [3.05, 3.63) is 32.7 Å². The first-order valence-electron chi connectivity index (χ1n) is 5.60. The van der Waals surface area contributed by atoms with Gasteiger partial charge < -0.3 is 10.4 Å². The predicted octanol–water partition coefficient (Wildman–Crippen LogP) is 1.32. The third kappa shape index (κ3) is 3.34. The number of carbonyl (C=O) groups is 2. The molecule has 0 aromatic carbocycles. The second kappa shape index (κ2) is 6.02. The number of carboxylic acid groups (broad SMARTS) is 1. The van der Waals surface area contributed by atoms with Crippen molar-refractivity contribution in [1.29, 1.82) is 0 Å². The Bertz CT molecular complexity index is 652. The van der Waals surface area contributed by atoms with Gasteiger partial charge in [-0.1, -0.05) is 16.8 Å². The molecule has 0 aliphatic rings. The average Bonchev–Trinajstić information content (AvgIpc) is 2.95. The van der Waals surface area contributed by atoms with Crippen molar-refractivity contribution in [2.45, 2.75) is 20.0 Å². The molecular formula is C11H11ClN4O3S. The number of rotatable bonds is 5. The molecule has 0 bridgehead atoms. The van der Waals surface area contributed by atoms with Crippen LogP contribution in [0.15, 0.2) is 11.6 Å². The molecule has 2 rings (SSSR count). The summed E-state index contributed by atoms with van der Waals surface area (Å²) in [6.07, 6.45) is 1.47. The summed E-state index contributed by atoms with van der Waals surface area (Å²) < 4.78 is 1.19. The minimum Gasteiger partial charge on any atom is -0.480 e. The SMILES string of the molecule is Cc1csc(C(=O)NCc2cn(CC(=O)O)nn2)c1Cl. The number of aliphatic carboxylic acids is 1. The van der Waals surface area contributed by atoms with Crippen molar-refractivity contribution in [1.82, 2.24) is 20.3 Å². The molecule has 9 heteroatoms. The molecule has 0 aliphatic carbocycles. The lowest BCUT2D eigenvalue weighted by Crippen LogP contribution is -2.22. The van der Waals surface area contributed by atoms with Gasteiger partial charge in [-0.3, -0.25) is 9.59 Å². The van der Waals surface area contributed by atoms with Crippen LogP contribution in [0.5, 0.6) is 0 Å². The first-order chi connectivity index (χ1) is 9.47. The van der Waals surface area contributed by atoms with Crippen LogP contribution in [0.4, 0.5) is 0 Å². The molecule has 2 aromatic rings. The van der Waals surface area contributed by atoms with Crippen molar-refractivity contribution >= 4 is 34.8 Å². The van der Waals surface area contributed by atoms with E-state index >= 15 is 0 Å². The van der Waals surface area contributed by atoms with Gasteiger partial charge in [-0.2, -0.15) is 0 Å². The van der Waals surface area contributed by atoms with Gasteiger partial charge in [-0.25, -0.2) is 4.68 Å². The van der Waals surface area contributed by atoms with Gasteiger partial charge in [0.2, 0.25) is 0 Å². The number of halogens is 1. The number of nitrogens with zero attached hydrogens (tertiary/aromatic N) is 3. The molecule has 0 atom stereocenters. The third-order valence-electron chi connectivity index (χ3n) is 2.42. The van der Waals surface area contributed by atoms with E-state index in [0.717, 1.165) is 5.56 Å². The van der Waals surface area contributed by atoms with Crippen molar-refractivity contribution in [3.8, 4) is 0 Å². The van der Waals surface area contributed by atoms with E-state index in [4.69, 9.17) is 16.7 Å². The second-order valence-electron chi connectivity index (χ2n) is 4.05. The Labute approximate surface area is 123 Å². The largest absolute Gasteiger partial charge is 0.480 e. The molecule has 7 nitrogen and oxygen atoms in total. The summed E-state index contributed by atoms with van der Waals surface area (Å²) in [7, 11) is 0. The molecule has 0 unspecified atom stereocenters. The van der Waals surface area contributed by atoms with Crippen molar-refractivity contribution < 1.29 is 14.7 Å². The lowest BCUT2D eigenvalue weighted by Gasteiger charge is -2.01. The number of aromatic nitrogens is 3. The zero-order chi connectivity index (χ0) is 14.7. The van der Waals surface area contributed by atoms with Gasteiger partial charge in [0.05, 0.1) is 17.8 Å². The molecule has 106 valence electrons. The molecule has 0 saturated heterocycles. The first-order valence-corrected chi connectivity index (χ1v) is 6.85. The van der Waals surface area contributed by atoms with Gasteiger partial charge in [-0.05, 0) is 17.9 Å². The monoisotopic (exact) mass is 314 g/mol. The first kappa shape index (κ1) is 14.5. The molecule has 2 heterocycles. The van der Waals surface area contributed by atoms with Crippen LogP contribution in [-0.2, 0) is 17.9 Å². The van der Waals surface area contributed by atoms with Crippen LogP contribution >= 0.6 is 22.9 Å². The molecule has 0 radical (unpaired) electrons. The van der Waals surface area contributed by atoms with Crippen molar-refractivity contribution in [2.24, 2.45) is 0 Å². The summed E-state index contributed by atoms with van der Waals surface area (Å²) in [6.45, 7) is 1.72. The minimum atomic E-state index is -1.01. The average molecular weight is 315 g/mol. The lowest BCUT2D eigenvalue weighted by molar-refractivity contribution is -0.137. The lowest BCUT2D eigenvalue weighted by atomic mass is 10.3. The number of carbonyl (C=O) groups excluding carboxylic acids is 1. The van der Waals surface area contributed by atoms with Crippen LogP contribution in [0.3, 0.4) is 0 Å². The smallest absolute Gasteiger partial charge is 0.325 e. The zero-order valence-corrected chi connectivity index (χ0v) is 12.0. The van der Waals surface area contributed by atoms with Gasteiger partial charge in [0, 0.05) is 0 Å². The van der Waals surface area contributed by atoms with E-state index in [-0.39, 0.29) is 19.0 Å². The fourth-order valence-corrected chi connectivity index (χ4v) is 2.66. The highest BCUT2D eigenvalue weighted by Crippen LogP contribution is 2.26. The molecule has 0 aliphatic heterocycles. The normalized spacial score (nSPS) is 10.5. The molecule has 0 fully saturated rings. The van der Waals surface area contributed by atoms with Gasteiger partial charge in [0.25, 0.3) is 5.91 Å². The topological polar surface area (TPSA) is 97.1 Å². The summed E-state index contributed by atoms with van der Waals surface area (Å²) in [6, 6.07) is 0. The van der Waals surface area contributed by atoms with Crippen LogP contribution in [-0.4, -0.2) is 32.0 Å². The van der Waals surface area contributed by atoms with E-state index in [1.165, 1.54) is 22.2 Å². The number of hydrogen-bond acceptors (Lipinski definition) is 5. The summed E-state index contributed by atoms with van der Waals surface area (Å²) in [5.74, 6) is -1.30. The summed E-state index contributed by atoms with van der Waals surface area (Å²) >= 11 is 7.27. The van der Waals surface area contributed by atoms with E-state index in [0.29, 0.717) is 15.6 Å². The van der Waals surface area contributed by atoms with E-state index in [2.05, 4.69) is 15.6 Å². The molecule has 20 heavy (non-hydrogen) atoms. The molecule has 0 spiro atoms. The van der Waals surface area contributed by atoms with E-state index < -0.39 is 5.97 Å². The zero-order valence-electron chi connectivity index (χ0n) is 10.5. The van der Waals surface area contributed by atoms with Gasteiger partial charge in [-0.15, -0.1) is 16.4 Å². The number of nitrogens with one attached hydrogen (secondary N) is 1. The Morgan fingerprint density at radius 3 is 2.90 bits per heavy atom. The number of aryl methyl sites for hydroxylation is 1. The van der Waals surface area contributed by atoms with Crippen LogP contribution in [0.1, 0.15) is 20.9 Å². The highest BCUT2D eigenvalue weighted by atomic mass is 35.5. The Hall–Kier alpha value is -1.93. The van der Waals surface area contributed by atoms with Crippen LogP contribution in [0.25, 0.3) is 0 Å². The number of thiophene rings is 1. The Balaban J connectivity index is 1.95. The quantitative estimate of drug-likeness (QED) is 0.867. The van der Waals surface area contributed by atoms with E-state index in [1.807, 2.05) is 6.92 Å². The Kier molecular flexibility index (Phi) is 4.35. The Morgan fingerprint density at radius 1 is 1.55 bits per heavy atom. The molecule has 2 aromatic heterocycles. The Morgan fingerprint density at radius 2 is 2.30 bits per heavy atom. The van der Waals surface area contributed by atoms with Gasteiger partial charge in [0.15, 0.2) is 0 Å². The molecular weight excluding hydrogens is 304 g/mol. The number of carboxylic acids is 1. The standard InChI is InChI=1S/C11H11ClN4O3S/c1-6-5-20-10(9(6)12)11(19)13-2-7-3-16(15-14-7)4-8(17)18/h3,5H,2,4H2,1H3,(H,13,19)(H,17,18). The van der Waals surface area contributed by atoms with Crippen molar-refractivity contribution in [2.75, 3.05) is 0 Å². The summed E-state index contributed by atoms with van der Waals surface area (Å²) in [5.41, 5.74) is 1.33. The molecule has 1 amide bonds. The van der Waals surface area contributed by atoms with Crippen LogP contribution in [0.2, 0.25) is 5.02 Å². The minimum absolute atomic E-state index is 0.158. The maximum atomic E-state index is 11.9. The fourth-order valence-electron chi connectivity index (χ4n) is 1.47. The van der Waals surface area contributed by atoms with Gasteiger partial charge >= 0.3 is 5.97 Å². The second-order valence-corrected chi connectivity index (χ2v) is 5.30. The number of amides is 1. The van der Waals surface area contributed by atoms with Gasteiger partial charge in [0.1, 0.15) is 17.1 Å². The molecule has 0 saturated carbocycles. The maximum absolute atomic E-state index is 11.9. The maximum Gasteiger partial charge on any atom is 0.325 e. The number of hydrogen-bond donors (Lipinski definition) is 2. The van der Waals surface area contributed by atoms with Crippen molar-refractivity contribution in [3.63, 3.8) is 0 Å². The molecule has 2 N–H and O–H groups in total. The highest BCUT2D eigenvalue weighted by molar-refractivity contribution is 7.13. The highest BCUT2D eigenvalue weighted by Gasteiger charge is 2.14. The summed E-state index contributed by atoms with van der Waals surface area (Å²) in [5, 5.41) is 20.9.